The van der Waals surface area contributed by atoms with E-state index in [1.807, 2.05) is 25.1 Å². The molecule has 108 valence electrons. The summed E-state index contributed by atoms with van der Waals surface area (Å²) >= 11 is 0. The quantitative estimate of drug-likeness (QED) is 0.845. The number of phenols is 1. The van der Waals surface area contributed by atoms with Crippen LogP contribution in [0.3, 0.4) is 0 Å². The van der Waals surface area contributed by atoms with Crippen molar-refractivity contribution in [1.82, 2.24) is 9.97 Å². The first kappa shape index (κ1) is 14.6. The van der Waals surface area contributed by atoms with Gasteiger partial charge in [0.05, 0.1) is 11.3 Å². The summed E-state index contributed by atoms with van der Waals surface area (Å²) < 4.78 is 0. The molecule has 0 radical (unpaired) electrons. The lowest BCUT2D eigenvalue weighted by atomic mass is 9.85. The molecule has 0 aliphatic heterocycles. The molecular formula is C17H24N2O. The molecule has 0 amide bonds. The molecule has 0 spiro atoms. The lowest BCUT2D eigenvalue weighted by Gasteiger charge is -2.21. The second kappa shape index (κ2) is 4.97. The van der Waals surface area contributed by atoms with Crippen LogP contribution in [0.5, 0.6) is 5.75 Å². The lowest BCUT2D eigenvalue weighted by Crippen LogP contribution is -2.11. The van der Waals surface area contributed by atoms with Crippen LogP contribution in [0, 0.1) is 6.92 Å². The zero-order chi connectivity index (χ0) is 15.1. The molecular weight excluding hydrogens is 248 g/mol. The zero-order valence-electron chi connectivity index (χ0n) is 13.2. The molecule has 0 bridgehead atoms. The van der Waals surface area contributed by atoms with E-state index in [9.17, 15) is 5.11 Å². The van der Waals surface area contributed by atoms with Crippen molar-refractivity contribution >= 4 is 0 Å². The van der Waals surface area contributed by atoms with Crippen LogP contribution in [0.25, 0.3) is 11.4 Å². The van der Waals surface area contributed by atoms with E-state index in [1.54, 1.807) is 0 Å². The van der Waals surface area contributed by atoms with Crippen LogP contribution in [-0.4, -0.2) is 15.1 Å². The maximum absolute atomic E-state index is 10.6. The molecule has 3 nitrogen and oxygen atoms in total. The maximum atomic E-state index is 10.6. The Labute approximate surface area is 121 Å². The number of hydrogen-bond acceptors (Lipinski definition) is 2. The number of para-hydroxylation sites is 1. The molecule has 0 saturated carbocycles. The minimum absolute atomic E-state index is 0.0946. The Morgan fingerprint density at radius 2 is 1.85 bits per heavy atom. The molecule has 1 aromatic heterocycles. The minimum Gasteiger partial charge on any atom is -0.507 e. The second-order valence-corrected chi connectivity index (χ2v) is 6.70. The topological polar surface area (TPSA) is 48.9 Å². The Kier molecular flexibility index (Phi) is 3.63. The number of imidazole rings is 1. The molecule has 0 unspecified atom stereocenters. The van der Waals surface area contributed by atoms with E-state index in [2.05, 4.69) is 44.6 Å². The summed E-state index contributed by atoms with van der Waals surface area (Å²) in [6.45, 7) is 12.6. The van der Waals surface area contributed by atoms with E-state index in [1.165, 1.54) is 0 Å². The average Bonchev–Trinajstić information content (AvgIpc) is 2.70. The fourth-order valence-electron chi connectivity index (χ4n) is 2.50. The first-order chi connectivity index (χ1) is 9.21. The molecule has 0 aliphatic rings. The number of aromatic hydroxyl groups is 1. The Hall–Kier alpha value is -1.77. The van der Waals surface area contributed by atoms with Crippen molar-refractivity contribution in [2.24, 2.45) is 0 Å². The number of hydrogen-bond donors (Lipinski definition) is 2. The third kappa shape index (κ3) is 2.58. The van der Waals surface area contributed by atoms with E-state index in [-0.39, 0.29) is 5.41 Å². The van der Waals surface area contributed by atoms with Gasteiger partial charge in [0.2, 0.25) is 0 Å². The van der Waals surface area contributed by atoms with Gasteiger partial charge in [-0.2, -0.15) is 0 Å². The number of rotatable bonds is 2. The smallest absolute Gasteiger partial charge is 0.141 e. The zero-order valence-corrected chi connectivity index (χ0v) is 13.2. The summed E-state index contributed by atoms with van der Waals surface area (Å²) in [6.07, 6.45) is 0. The van der Waals surface area contributed by atoms with Gasteiger partial charge < -0.3 is 10.1 Å². The van der Waals surface area contributed by atoms with Crippen LogP contribution < -0.4 is 0 Å². The largest absolute Gasteiger partial charge is 0.507 e. The molecule has 0 fully saturated rings. The van der Waals surface area contributed by atoms with Gasteiger partial charge in [-0.15, -0.1) is 0 Å². The van der Waals surface area contributed by atoms with Crippen molar-refractivity contribution < 1.29 is 5.11 Å². The summed E-state index contributed by atoms with van der Waals surface area (Å²) in [5.41, 5.74) is 3.74. The van der Waals surface area contributed by atoms with Gasteiger partial charge in [-0.05, 0) is 29.9 Å². The van der Waals surface area contributed by atoms with Gasteiger partial charge in [0.1, 0.15) is 11.6 Å². The molecule has 2 aromatic rings. The molecule has 2 N–H and O–H groups in total. The highest BCUT2D eigenvalue weighted by atomic mass is 16.3. The van der Waals surface area contributed by atoms with Gasteiger partial charge in [-0.25, -0.2) is 4.98 Å². The van der Waals surface area contributed by atoms with Crippen LogP contribution in [0.4, 0.5) is 0 Å². The van der Waals surface area contributed by atoms with Crippen LogP contribution >= 0.6 is 0 Å². The highest BCUT2D eigenvalue weighted by molar-refractivity contribution is 5.67. The van der Waals surface area contributed by atoms with Crippen molar-refractivity contribution in [1.29, 1.82) is 0 Å². The van der Waals surface area contributed by atoms with E-state index in [4.69, 9.17) is 0 Å². The van der Waals surface area contributed by atoms with Gasteiger partial charge >= 0.3 is 0 Å². The van der Waals surface area contributed by atoms with Crippen LogP contribution in [0.1, 0.15) is 57.5 Å². The number of aromatic amines is 1. The molecule has 0 saturated heterocycles. The number of H-pyrrole nitrogens is 1. The first-order valence-electron chi connectivity index (χ1n) is 7.11. The summed E-state index contributed by atoms with van der Waals surface area (Å²) in [5.74, 6) is 1.44. The maximum Gasteiger partial charge on any atom is 0.141 e. The number of nitrogens with zero attached hydrogens (tertiary/aromatic N) is 1. The van der Waals surface area contributed by atoms with Crippen molar-refractivity contribution in [3.05, 3.63) is 35.2 Å². The number of benzene rings is 1. The third-order valence-corrected chi connectivity index (χ3v) is 3.57. The standard InChI is InChI=1S/C17H24N2O/c1-10(2)14-11(3)18-16(19-14)12-8-7-9-13(15(12)20)17(4,5)6/h7-10,20H,1-6H3,(H,18,19). The van der Waals surface area contributed by atoms with E-state index in [0.717, 1.165) is 28.3 Å². The van der Waals surface area contributed by atoms with E-state index in [0.29, 0.717) is 11.7 Å². The van der Waals surface area contributed by atoms with Gasteiger partial charge in [0.25, 0.3) is 0 Å². The van der Waals surface area contributed by atoms with Gasteiger partial charge in [0, 0.05) is 5.69 Å². The fourth-order valence-corrected chi connectivity index (χ4v) is 2.50. The number of aryl methyl sites for hydroxylation is 1. The predicted molar refractivity (Wildman–Crippen MR) is 83.2 cm³/mol. The molecule has 1 heterocycles. The molecule has 1 aromatic carbocycles. The monoisotopic (exact) mass is 272 g/mol. The highest BCUT2D eigenvalue weighted by Gasteiger charge is 2.22. The summed E-state index contributed by atoms with van der Waals surface area (Å²) in [4.78, 5) is 7.94. The Morgan fingerprint density at radius 1 is 1.20 bits per heavy atom. The van der Waals surface area contributed by atoms with Gasteiger partial charge in [-0.1, -0.05) is 46.8 Å². The van der Waals surface area contributed by atoms with Crippen LogP contribution in [0.2, 0.25) is 0 Å². The van der Waals surface area contributed by atoms with Gasteiger partial charge in [0.15, 0.2) is 0 Å². The summed E-state index contributed by atoms with van der Waals surface area (Å²) in [7, 11) is 0. The highest BCUT2D eigenvalue weighted by Crippen LogP contribution is 2.37. The molecule has 20 heavy (non-hydrogen) atoms. The normalized spacial score (nSPS) is 12.2. The average molecular weight is 272 g/mol. The van der Waals surface area contributed by atoms with Crippen LogP contribution in [0.15, 0.2) is 18.2 Å². The van der Waals surface area contributed by atoms with Crippen molar-refractivity contribution in [3.63, 3.8) is 0 Å². The first-order valence-corrected chi connectivity index (χ1v) is 7.11. The third-order valence-electron chi connectivity index (χ3n) is 3.57. The van der Waals surface area contributed by atoms with E-state index < -0.39 is 0 Å². The number of nitrogens with one attached hydrogen (secondary N) is 1. The lowest BCUT2D eigenvalue weighted by molar-refractivity contribution is 0.448. The Balaban J connectivity index is 2.57. The second-order valence-electron chi connectivity index (χ2n) is 6.70. The number of aromatic nitrogens is 2. The van der Waals surface area contributed by atoms with Crippen molar-refractivity contribution in [3.8, 4) is 17.1 Å². The Morgan fingerprint density at radius 3 is 2.35 bits per heavy atom. The number of phenolic OH excluding ortho intramolecular Hbond substituents is 1. The van der Waals surface area contributed by atoms with Crippen molar-refractivity contribution in [2.75, 3.05) is 0 Å². The predicted octanol–water partition coefficient (Wildman–Crippen LogP) is 4.51. The molecule has 3 heteroatoms. The Bertz CT molecular complexity index is 618. The molecule has 0 aliphatic carbocycles. The summed E-state index contributed by atoms with van der Waals surface area (Å²) in [6, 6.07) is 5.85. The van der Waals surface area contributed by atoms with Crippen LogP contribution in [-0.2, 0) is 5.41 Å². The van der Waals surface area contributed by atoms with E-state index >= 15 is 0 Å². The van der Waals surface area contributed by atoms with Gasteiger partial charge in [-0.3, -0.25) is 0 Å². The minimum atomic E-state index is -0.0946. The molecule has 0 atom stereocenters. The summed E-state index contributed by atoms with van der Waals surface area (Å²) in [5, 5.41) is 10.6. The SMILES string of the molecule is Cc1[nH]c(-c2cccc(C(C)(C)C)c2O)nc1C(C)C. The fraction of sp³-hybridized carbons (Fsp3) is 0.471. The van der Waals surface area contributed by atoms with Crippen molar-refractivity contribution in [2.45, 2.75) is 52.9 Å². The molecule has 2 rings (SSSR count).